The van der Waals surface area contributed by atoms with Crippen LogP contribution in [-0.4, -0.2) is 30.9 Å². The molecule has 1 aliphatic rings. The Bertz CT molecular complexity index is 439. The van der Waals surface area contributed by atoms with Crippen molar-refractivity contribution >= 4 is 21.2 Å². The number of nitrogens with zero attached hydrogens (tertiary/aromatic N) is 1. The van der Waals surface area contributed by atoms with Gasteiger partial charge in [-0.15, -0.1) is 11.3 Å². The highest BCUT2D eigenvalue weighted by molar-refractivity contribution is 7.91. The molecule has 0 saturated carbocycles. The Morgan fingerprint density at radius 3 is 3.00 bits per heavy atom. The van der Waals surface area contributed by atoms with Crippen LogP contribution in [0.15, 0.2) is 5.51 Å². The highest BCUT2D eigenvalue weighted by Crippen LogP contribution is 2.15. The average Bonchev–Trinajstić information content (AvgIpc) is 2.69. The number of sulfone groups is 1. The molecular weight excluding hydrogens is 232 g/mol. The van der Waals surface area contributed by atoms with Crippen LogP contribution in [0.3, 0.4) is 0 Å². The Hall–Kier alpha value is -0.460. The van der Waals surface area contributed by atoms with E-state index in [9.17, 15) is 8.42 Å². The van der Waals surface area contributed by atoms with Gasteiger partial charge in [0.2, 0.25) is 0 Å². The van der Waals surface area contributed by atoms with Crippen LogP contribution in [-0.2, 0) is 16.4 Å². The minimum Gasteiger partial charge on any atom is -0.308 e. The lowest BCUT2D eigenvalue weighted by atomic mass is 10.2. The Morgan fingerprint density at radius 2 is 2.47 bits per heavy atom. The number of hydrogen-bond acceptors (Lipinski definition) is 5. The molecule has 1 aromatic heterocycles. The van der Waals surface area contributed by atoms with Crippen LogP contribution in [0.4, 0.5) is 0 Å². The molecule has 4 nitrogen and oxygen atoms in total. The highest BCUT2D eigenvalue weighted by atomic mass is 32.2. The first kappa shape index (κ1) is 11.0. The largest absolute Gasteiger partial charge is 0.308 e. The van der Waals surface area contributed by atoms with Gasteiger partial charge >= 0.3 is 0 Å². The Labute approximate surface area is 93.7 Å². The molecule has 1 aliphatic heterocycles. The van der Waals surface area contributed by atoms with E-state index in [2.05, 4.69) is 10.3 Å². The van der Waals surface area contributed by atoms with E-state index in [4.69, 9.17) is 0 Å². The van der Waals surface area contributed by atoms with Crippen molar-refractivity contribution < 1.29 is 8.42 Å². The lowest BCUT2D eigenvalue weighted by Crippen LogP contribution is -2.29. The SMILES string of the molecule is Cc1ncsc1CNC1CCS(=O)(=O)C1. The van der Waals surface area contributed by atoms with Crippen LogP contribution in [0.5, 0.6) is 0 Å². The smallest absolute Gasteiger partial charge is 0.151 e. The van der Waals surface area contributed by atoms with Crippen molar-refractivity contribution in [1.82, 2.24) is 10.3 Å². The monoisotopic (exact) mass is 246 g/mol. The molecule has 2 rings (SSSR count). The van der Waals surface area contributed by atoms with E-state index >= 15 is 0 Å². The zero-order chi connectivity index (χ0) is 10.9. The van der Waals surface area contributed by atoms with E-state index in [0.29, 0.717) is 5.75 Å². The van der Waals surface area contributed by atoms with Gasteiger partial charge in [-0.1, -0.05) is 0 Å². The van der Waals surface area contributed by atoms with Crippen molar-refractivity contribution in [2.24, 2.45) is 0 Å². The zero-order valence-corrected chi connectivity index (χ0v) is 10.2. The number of rotatable bonds is 3. The van der Waals surface area contributed by atoms with Gasteiger partial charge in [0.05, 0.1) is 22.7 Å². The summed E-state index contributed by atoms with van der Waals surface area (Å²) in [5.74, 6) is 0.608. The van der Waals surface area contributed by atoms with Crippen LogP contribution in [0.25, 0.3) is 0 Å². The molecule has 2 heterocycles. The van der Waals surface area contributed by atoms with Crippen LogP contribution in [0, 0.1) is 6.92 Å². The topological polar surface area (TPSA) is 59.1 Å². The standard InChI is InChI=1S/C9H14N2O2S2/c1-7-9(14-6-11-7)4-10-8-2-3-15(12,13)5-8/h6,8,10H,2-5H2,1H3. The second kappa shape index (κ2) is 4.19. The van der Waals surface area contributed by atoms with Gasteiger partial charge < -0.3 is 5.32 Å². The van der Waals surface area contributed by atoms with Gasteiger partial charge in [0.25, 0.3) is 0 Å². The summed E-state index contributed by atoms with van der Waals surface area (Å²) in [6.45, 7) is 2.70. The first-order valence-corrected chi connectivity index (χ1v) is 7.60. The van der Waals surface area contributed by atoms with E-state index in [0.717, 1.165) is 18.7 Å². The number of aryl methyl sites for hydroxylation is 1. The van der Waals surface area contributed by atoms with Gasteiger partial charge in [-0.2, -0.15) is 0 Å². The number of nitrogens with one attached hydrogen (secondary N) is 1. The van der Waals surface area contributed by atoms with Gasteiger partial charge in [0.1, 0.15) is 0 Å². The van der Waals surface area contributed by atoms with Crippen molar-refractivity contribution in [2.45, 2.75) is 25.9 Å². The molecule has 1 saturated heterocycles. The first-order chi connectivity index (χ1) is 7.07. The van der Waals surface area contributed by atoms with Crippen molar-refractivity contribution in [2.75, 3.05) is 11.5 Å². The Morgan fingerprint density at radius 1 is 1.67 bits per heavy atom. The van der Waals surface area contributed by atoms with E-state index < -0.39 is 9.84 Å². The van der Waals surface area contributed by atoms with E-state index in [1.807, 2.05) is 12.4 Å². The summed E-state index contributed by atoms with van der Waals surface area (Å²) >= 11 is 1.61. The van der Waals surface area contributed by atoms with Crippen LogP contribution in [0.2, 0.25) is 0 Å². The average molecular weight is 246 g/mol. The molecule has 0 aliphatic carbocycles. The van der Waals surface area contributed by atoms with E-state index in [-0.39, 0.29) is 11.8 Å². The van der Waals surface area contributed by atoms with Gasteiger partial charge in [-0.3, -0.25) is 0 Å². The van der Waals surface area contributed by atoms with Crippen molar-refractivity contribution in [3.8, 4) is 0 Å². The summed E-state index contributed by atoms with van der Waals surface area (Å²) in [6, 6.07) is 0.122. The first-order valence-electron chi connectivity index (χ1n) is 4.89. The molecule has 84 valence electrons. The summed E-state index contributed by atoms with van der Waals surface area (Å²) in [5.41, 5.74) is 2.85. The fourth-order valence-electron chi connectivity index (χ4n) is 1.69. The third kappa shape index (κ3) is 2.76. The molecule has 0 radical (unpaired) electrons. The Balaban J connectivity index is 1.88. The maximum atomic E-state index is 11.2. The van der Waals surface area contributed by atoms with Crippen LogP contribution < -0.4 is 5.32 Å². The summed E-state index contributed by atoms with van der Waals surface area (Å²) < 4.78 is 22.4. The fraction of sp³-hybridized carbons (Fsp3) is 0.667. The van der Waals surface area contributed by atoms with E-state index in [1.54, 1.807) is 11.3 Å². The number of aromatic nitrogens is 1. The lowest BCUT2D eigenvalue weighted by Gasteiger charge is -2.09. The van der Waals surface area contributed by atoms with Crippen LogP contribution >= 0.6 is 11.3 Å². The third-order valence-corrected chi connectivity index (χ3v) is 5.33. The lowest BCUT2D eigenvalue weighted by molar-refractivity contribution is 0.556. The van der Waals surface area contributed by atoms with Gasteiger partial charge in [0, 0.05) is 17.5 Å². The molecule has 15 heavy (non-hydrogen) atoms. The third-order valence-electron chi connectivity index (χ3n) is 2.63. The van der Waals surface area contributed by atoms with Gasteiger partial charge in [0.15, 0.2) is 9.84 Å². The summed E-state index contributed by atoms with van der Waals surface area (Å²) in [6.07, 6.45) is 0.736. The number of thiazole rings is 1. The number of hydrogen-bond donors (Lipinski definition) is 1. The fourth-order valence-corrected chi connectivity index (χ4v) is 4.12. The molecule has 1 fully saturated rings. The normalized spacial score (nSPS) is 24.5. The van der Waals surface area contributed by atoms with Gasteiger partial charge in [-0.05, 0) is 13.3 Å². The molecule has 1 N–H and O–H groups in total. The van der Waals surface area contributed by atoms with Crippen molar-refractivity contribution in [3.63, 3.8) is 0 Å². The van der Waals surface area contributed by atoms with Crippen molar-refractivity contribution in [1.29, 1.82) is 0 Å². The molecule has 0 amide bonds. The molecule has 0 aromatic carbocycles. The quantitative estimate of drug-likeness (QED) is 0.854. The second-order valence-corrected chi connectivity index (χ2v) is 7.01. The molecule has 0 spiro atoms. The molecule has 1 aromatic rings. The maximum absolute atomic E-state index is 11.2. The molecule has 0 bridgehead atoms. The summed E-state index contributed by atoms with van der Waals surface area (Å²) in [5, 5.41) is 3.27. The van der Waals surface area contributed by atoms with E-state index in [1.165, 1.54) is 4.88 Å². The predicted octanol–water partition coefficient (Wildman–Crippen LogP) is 0.728. The van der Waals surface area contributed by atoms with Crippen molar-refractivity contribution in [3.05, 3.63) is 16.1 Å². The summed E-state index contributed by atoms with van der Waals surface area (Å²) in [7, 11) is -2.77. The molecule has 1 atom stereocenters. The zero-order valence-electron chi connectivity index (χ0n) is 8.56. The van der Waals surface area contributed by atoms with Gasteiger partial charge in [-0.25, -0.2) is 13.4 Å². The minimum absolute atomic E-state index is 0.122. The highest BCUT2D eigenvalue weighted by Gasteiger charge is 2.27. The predicted molar refractivity (Wildman–Crippen MR) is 60.7 cm³/mol. The van der Waals surface area contributed by atoms with Crippen LogP contribution in [0.1, 0.15) is 17.0 Å². The molecular formula is C9H14N2O2S2. The second-order valence-electron chi connectivity index (χ2n) is 3.84. The Kier molecular flexibility index (Phi) is 3.08. The maximum Gasteiger partial charge on any atom is 0.151 e. The molecule has 6 heteroatoms. The summed E-state index contributed by atoms with van der Waals surface area (Å²) in [4.78, 5) is 5.34. The minimum atomic E-state index is -2.77. The molecule has 1 unspecified atom stereocenters.